The van der Waals surface area contributed by atoms with Crippen LogP contribution in [0.25, 0.3) is 6.08 Å². The summed E-state index contributed by atoms with van der Waals surface area (Å²) >= 11 is 1.49. The average Bonchev–Trinajstić information content (AvgIpc) is 3.28. The van der Waals surface area contributed by atoms with E-state index in [0.717, 1.165) is 16.2 Å². The second kappa shape index (κ2) is 10.6. The van der Waals surface area contributed by atoms with Crippen molar-refractivity contribution in [3.8, 4) is 5.75 Å². The number of hydrogen-bond donors (Lipinski definition) is 2. The quantitative estimate of drug-likeness (QED) is 0.504. The molecular formula is C25H26N2O3S. The SMILES string of the molecule is Cc1ccc(OC[C@H](C)NC(=O)/C(=C/c2cccs2)NC(=O)c2ccccc2)cc1C. The highest BCUT2D eigenvalue weighted by Crippen LogP contribution is 2.17. The molecule has 3 rings (SSSR count). The number of amides is 2. The maximum absolute atomic E-state index is 12.9. The molecule has 2 N–H and O–H groups in total. The first-order valence-corrected chi connectivity index (χ1v) is 10.9. The van der Waals surface area contributed by atoms with Gasteiger partial charge in [0, 0.05) is 10.4 Å². The molecule has 0 saturated heterocycles. The molecule has 160 valence electrons. The molecule has 5 nitrogen and oxygen atoms in total. The van der Waals surface area contributed by atoms with E-state index in [-0.39, 0.29) is 23.6 Å². The van der Waals surface area contributed by atoms with E-state index < -0.39 is 0 Å². The smallest absolute Gasteiger partial charge is 0.268 e. The van der Waals surface area contributed by atoms with Crippen molar-refractivity contribution in [3.63, 3.8) is 0 Å². The van der Waals surface area contributed by atoms with Crippen molar-refractivity contribution >= 4 is 29.2 Å². The van der Waals surface area contributed by atoms with E-state index in [1.165, 1.54) is 16.9 Å². The zero-order valence-electron chi connectivity index (χ0n) is 17.8. The highest BCUT2D eigenvalue weighted by Gasteiger charge is 2.17. The monoisotopic (exact) mass is 434 g/mol. The number of rotatable bonds is 8. The van der Waals surface area contributed by atoms with Crippen molar-refractivity contribution in [1.29, 1.82) is 0 Å². The minimum absolute atomic E-state index is 0.189. The third-order valence-corrected chi connectivity index (χ3v) is 5.53. The van der Waals surface area contributed by atoms with Crippen LogP contribution < -0.4 is 15.4 Å². The van der Waals surface area contributed by atoms with E-state index in [4.69, 9.17) is 4.74 Å². The molecule has 6 heteroatoms. The van der Waals surface area contributed by atoms with E-state index in [0.29, 0.717) is 12.2 Å². The standard InChI is InChI=1S/C25H26N2O3S/c1-17-11-12-21(14-18(17)2)30-16-19(3)26-25(29)23(15-22-10-7-13-31-22)27-24(28)20-8-5-4-6-9-20/h4-15,19H,16H2,1-3H3,(H,26,29)(H,27,28)/b23-15-/t19-/m0/s1. The molecule has 2 aromatic carbocycles. The zero-order valence-corrected chi connectivity index (χ0v) is 18.7. The molecule has 3 aromatic rings. The second-order valence-electron chi connectivity index (χ2n) is 7.33. The Hall–Kier alpha value is -3.38. The molecule has 1 heterocycles. The molecule has 31 heavy (non-hydrogen) atoms. The van der Waals surface area contributed by atoms with Gasteiger partial charge in [0.15, 0.2) is 0 Å². The van der Waals surface area contributed by atoms with Crippen molar-refractivity contribution < 1.29 is 14.3 Å². The number of ether oxygens (including phenoxy) is 1. The fourth-order valence-corrected chi connectivity index (χ4v) is 3.48. The molecule has 0 radical (unpaired) electrons. The molecule has 0 aliphatic rings. The van der Waals surface area contributed by atoms with Gasteiger partial charge in [-0.05, 0) is 73.7 Å². The van der Waals surface area contributed by atoms with Crippen LogP contribution in [0.1, 0.15) is 33.3 Å². The fourth-order valence-electron chi connectivity index (χ4n) is 2.83. The number of thiophene rings is 1. The van der Waals surface area contributed by atoms with Gasteiger partial charge >= 0.3 is 0 Å². The lowest BCUT2D eigenvalue weighted by molar-refractivity contribution is -0.118. The largest absolute Gasteiger partial charge is 0.491 e. The molecule has 0 fully saturated rings. The van der Waals surface area contributed by atoms with E-state index in [9.17, 15) is 9.59 Å². The van der Waals surface area contributed by atoms with E-state index in [2.05, 4.69) is 10.6 Å². The van der Waals surface area contributed by atoms with Crippen LogP contribution in [0.15, 0.2) is 71.7 Å². The predicted octanol–water partition coefficient (Wildman–Crippen LogP) is 4.72. The van der Waals surface area contributed by atoms with Crippen molar-refractivity contribution in [3.05, 3.63) is 93.3 Å². The summed E-state index contributed by atoms with van der Waals surface area (Å²) < 4.78 is 5.82. The minimum Gasteiger partial charge on any atom is -0.491 e. The number of carbonyl (C=O) groups excluding carboxylic acids is 2. The lowest BCUT2D eigenvalue weighted by atomic mass is 10.1. The lowest BCUT2D eigenvalue weighted by Crippen LogP contribution is -2.41. The number of hydrogen-bond acceptors (Lipinski definition) is 4. The van der Waals surface area contributed by atoms with Crippen LogP contribution in [0.3, 0.4) is 0 Å². The van der Waals surface area contributed by atoms with Gasteiger partial charge in [-0.25, -0.2) is 0 Å². The Morgan fingerprint density at radius 1 is 1.03 bits per heavy atom. The average molecular weight is 435 g/mol. The summed E-state index contributed by atoms with van der Waals surface area (Å²) in [6.07, 6.45) is 1.68. The van der Waals surface area contributed by atoms with E-state index in [1.807, 2.05) is 62.5 Å². The maximum Gasteiger partial charge on any atom is 0.268 e. The highest BCUT2D eigenvalue weighted by molar-refractivity contribution is 7.10. The summed E-state index contributed by atoms with van der Waals surface area (Å²) in [5.74, 6) is 0.0578. The molecule has 0 aliphatic carbocycles. The van der Waals surface area contributed by atoms with Crippen LogP contribution in [0, 0.1) is 13.8 Å². The number of benzene rings is 2. The third kappa shape index (κ3) is 6.55. The van der Waals surface area contributed by atoms with Gasteiger partial charge in [-0.3, -0.25) is 9.59 Å². The summed E-state index contributed by atoms with van der Waals surface area (Å²) in [7, 11) is 0. The Kier molecular flexibility index (Phi) is 7.62. The Morgan fingerprint density at radius 3 is 2.48 bits per heavy atom. The molecule has 0 aliphatic heterocycles. The van der Waals surface area contributed by atoms with Crippen molar-refractivity contribution in [2.24, 2.45) is 0 Å². The van der Waals surface area contributed by atoms with Gasteiger partial charge in [-0.1, -0.05) is 30.3 Å². The Labute approximate surface area is 186 Å². The van der Waals surface area contributed by atoms with Crippen LogP contribution in [0.5, 0.6) is 5.75 Å². The first-order chi connectivity index (χ1) is 14.9. The molecular weight excluding hydrogens is 408 g/mol. The first-order valence-electron chi connectivity index (χ1n) is 10.0. The van der Waals surface area contributed by atoms with Crippen molar-refractivity contribution in [2.45, 2.75) is 26.8 Å². The Balaban J connectivity index is 1.66. The normalized spacial score (nSPS) is 12.2. The molecule has 0 bridgehead atoms. The summed E-state index contributed by atoms with van der Waals surface area (Å²) in [6, 6.07) is 18.2. The van der Waals surface area contributed by atoms with Gasteiger partial charge in [-0.15, -0.1) is 11.3 Å². The number of carbonyl (C=O) groups is 2. The summed E-state index contributed by atoms with van der Waals surface area (Å²) in [4.78, 5) is 26.4. The van der Waals surface area contributed by atoms with Crippen LogP contribution in [-0.4, -0.2) is 24.5 Å². The molecule has 1 atom stereocenters. The molecule has 0 spiro atoms. The Bertz CT molecular complexity index is 1060. The van der Waals surface area contributed by atoms with Crippen LogP contribution >= 0.6 is 11.3 Å². The predicted molar refractivity (Wildman–Crippen MR) is 125 cm³/mol. The van der Waals surface area contributed by atoms with Gasteiger partial charge in [-0.2, -0.15) is 0 Å². The number of aryl methyl sites for hydroxylation is 2. The Morgan fingerprint density at radius 2 is 1.81 bits per heavy atom. The highest BCUT2D eigenvalue weighted by atomic mass is 32.1. The van der Waals surface area contributed by atoms with Crippen LogP contribution in [0.2, 0.25) is 0 Å². The van der Waals surface area contributed by atoms with Gasteiger partial charge < -0.3 is 15.4 Å². The molecule has 0 unspecified atom stereocenters. The number of nitrogens with one attached hydrogen (secondary N) is 2. The zero-order chi connectivity index (χ0) is 22.2. The van der Waals surface area contributed by atoms with Gasteiger partial charge in [0.1, 0.15) is 18.1 Å². The van der Waals surface area contributed by atoms with E-state index in [1.54, 1.807) is 30.3 Å². The van der Waals surface area contributed by atoms with Crippen LogP contribution in [0.4, 0.5) is 0 Å². The van der Waals surface area contributed by atoms with Crippen molar-refractivity contribution in [1.82, 2.24) is 10.6 Å². The molecule has 0 saturated carbocycles. The van der Waals surface area contributed by atoms with Gasteiger partial charge in [0.25, 0.3) is 11.8 Å². The van der Waals surface area contributed by atoms with Gasteiger partial charge in [0.2, 0.25) is 0 Å². The summed E-state index contributed by atoms with van der Waals surface area (Å²) in [5.41, 5.74) is 3.03. The van der Waals surface area contributed by atoms with Crippen molar-refractivity contribution in [2.75, 3.05) is 6.61 Å². The molecule has 2 amide bonds. The summed E-state index contributed by atoms with van der Waals surface area (Å²) in [6.45, 7) is 6.26. The first kappa shape index (κ1) is 22.3. The lowest BCUT2D eigenvalue weighted by Gasteiger charge is -2.17. The topological polar surface area (TPSA) is 67.4 Å². The van der Waals surface area contributed by atoms with Gasteiger partial charge in [0.05, 0.1) is 6.04 Å². The second-order valence-corrected chi connectivity index (χ2v) is 8.30. The fraction of sp³-hybridized carbons (Fsp3) is 0.200. The summed E-state index contributed by atoms with van der Waals surface area (Å²) in [5, 5.41) is 7.56. The maximum atomic E-state index is 12.9. The third-order valence-electron chi connectivity index (χ3n) is 4.71. The van der Waals surface area contributed by atoms with E-state index >= 15 is 0 Å². The minimum atomic E-state index is -0.367. The van der Waals surface area contributed by atoms with Crippen LogP contribution in [-0.2, 0) is 4.79 Å². The molecule has 1 aromatic heterocycles.